The van der Waals surface area contributed by atoms with Crippen molar-refractivity contribution in [3.63, 3.8) is 0 Å². The van der Waals surface area contributed by atoms with E-state index in [2.05, 4.69) is 49.2 Å². The number of anilines is 1. The maximum absolute atomic E-state index is 4.69. The van der Waals surface area contributed by atoms with Gasteiger partial charge in [-0.1, -0.05) is 13.8 Å². The van der Waals surface area contributed by atoms with Crippen LogP contribution in [0.3, 0.4) is 0 Å². The molecule has 1 N–H and O–H groups in total. The Morgan fingerprint density at radius 1 is 1.33 bits per heavy atom. The van der Waals surface area contributed by atoms with Crippen LogP contribution in [-0.2, 0) is 7.05 Å². The molecule has 0 amide bonds. The molecule has 0 saturated heterocycles. The summed E-state index contributed by atoms with van der Waals surface area (Å²) in [5, 5.41) is 9.38. The van der Waals surface area contributed by atoms with E-state index in [1.54, 1.807) is 11.3 Å². The smallest absolute Gasteiger partial charge is 0.166 e. The third-order valence-electron chi connectivity index (χ3n) is 3.76. The molecule has 112 valence electrons. The van der Waals surface area contributed by atoms with Gasteiger partial charge in [0.05, 0.1) is 10.2 Å². The Morgan fingerprint density at radius 2 is 2.10 bits per heavy atom. The van der Waals surface area contributed by atoms with Crippen molar-refractivity contribution in [2.24, 2.45) is 13.0 Å². The molecule has 0 spiro atoms. The van der Waals surface area contributed by atoms with Crippen molar-refractivity contribution in [2.75, 3.05) is 11.9 Å². The van der Waals surface area contributed by atoms with Crippen LogP contribution in [0.5, 0.6) is 0 Å². The number of nitrogens with zero attached hydrogens (tertiary/aromatic N) is 3. The molecule has 0 bridgehead atoms. The maximum Gasteiger partial charge on any atom is 0.166 e. The van der Waals surface area contributed by atoms with E-state index in [4.69, 9.17) is 0 Å². The van der Waals surface area contributed by atoms with Crippen LogP contribution in [0.25, 0.3) is 20.4 Å². The summed E-state index contributed by atoms with van der Waals surface area (Å²) < 4.78 is 3.20. The highest BCUT2D eigenvalue weighted by atomic mass is 32.1. The molecule has 5 heteroatoms. The summed E-state index contributed by atoms with van der Waals surface area (Å²) in [6.07, 6.45) is 1.15. The first-order valence-corrected chi connectivity index (χ1v) is 8.26. The van der Waals surface area contributed by atoms with Crippen molar-refractivity contribution in [3.8, 4) is 0 Å². The fourth-order valence-corrected chi connectivity index (χ4v) is 4.02. The Kier molecular flexibility index (Phi) is 3.61. The molecule has 3 aromatic rings. The van der Waals surface area contributed by atoms with Crippen molar-refractivity contribution >= 4 is 37.6 Å². The van der Waals surface area contributed by atoms with Crippen molar-refractivity contribution in [1.82, 2.24) is 14.8 Å². The fraction of sp³-hybridized carbons (Fsp3) is 0.500. The molecule has 0 saturated carbocycles. The van der Waals surface area contributed by atoms with Gasteiger partial charge in [-0.3, -0.25) is 4.68 Å². The minimum atomic E-state index is 0.700. The maximum atomic E-state index is 4.69. The molecule has 0 aliphatic heterocycles. The zero-order valence-electron chi connectivity index (χ0n) is 13.3. The molecular weight excluding hydrogens is 280 g/mol. The molecule has 3 rings (SSSR count). The number of aromatic nitrogens is 3. The number of aryl methyl sites for hydroxylation is 3. The number of hydrogen-bond acceptors (Lipinski definition) is 4. The molecule has 0 aliphatic rings. The first kappa shape index (κ1) is 14.3. The van der Waals surface area contributed by atoms with Gasteiger partial charge in [-0.15, -0.1) is 11.3 Å². The first-order valence-electron chi connectivity index (χ1n) is 7.44. The lowest BCUT2D eigenvalue weighted by Gasteiger charge is -2.05. The van der Waals surface area contributed by atoms with Crippen molar-refractivity contribution in [1.29, 1.82) is 0 Å². The Morgan fingerprint density at radius 3 is 2.81 bits per heavy atom. The standard InChI is InChI=1S/C16H22N4S/c1-9(2)6-7-17-15-14-13(20(5)19-15)12-10(3)8-11(4)18-16(12)21-14/h8-9H,6-7H2,1-5H3,(H,17,19). The molecule has 0 unspecified atom stereocenters. The molecule has 0 aliphatic carbocycles. The number of nitrogens with one attached hydrogen (secondary N) is 1. The van der Waals surface area contributed by atoms with Crippen LogP contribution < -0.4 is 5.32 Å². The molecule has 0 fully saturated rings. The molecule has 21 heavy (non-hydrogen) atoms. The third kappa shape index (κ3) is 2.50. The lowest BCUT2D eigenvalue weighted by molar-refractivity contribution is 0.606. The lowest BCUT2D eigenvalue weighted by Crippen LogP contribution is -2.05. The molecular formula is C16H22N4S. The van der Waals surface area contributed by atoms with Gasteiger partial charge in [0.2, 0.25) is 0 Å². The summed E-state index contributed by atoms with van der Waals surface area (Å²) in [7, 11) is 2.02. The van der Waals surface area contributed by atoms with E-state index in [1.165, 1.54) is 21.2 Å². The van der Waals surface area contributed by atoms with Gasteiger partial charge >= 0.3 is 0 Å². The summed E-state index contributed by atoms with van der Waals surface area (Å²) in [5.74, 6) is 1.69. The van der Waals surface area contributed by atoms with Gasteiger partial charge in [0.25, 0.3) is 0 Å². The average Bonchev–Trinajstić information content (AvgIpc) is 2.88. The third-order valence-corrected chi connectivity index (χ3v) is 4.84. The van der Waals surface area contributed by atoms with Crippen LogP contribution in [0, 0.1) is 19.8 Å². The minimum absolute atomic E-state index is 0.700. The first-order chi connectivity index (χ1) is 9.97. The zero-order valence-corrected chi connectivity index (χ0v) is 14.1. The normalized spacial score (nSPS) is 11.9. The number of fused-ring (bicyclic) bond motifs is 3. The van der Waals surface area contributed by atoms with E-state index in [0.717, 1.165) is 29.3 Å². The van der Waals surface area contributed by atoms with Gasteiger partial charge in [-0.25, -0.2) is 4.98 Å². The van der Waals surface area contributed by atoms with E-state index in [9.17, 15) is 0 Å². The number of thiophene rings is 1. The quantitative estimate of drug-likeness (QED) is 0.783. The second-order valence-electron chi connectivity index (χ2n) is 6.12. The second-order valence-corrected chi connectivity index (χ2v) is 7.12. The van der Waals surface area contributed by atoms with Crippen molar-refractivity contribution < 1.29 is 0 Å². The largest absolute Gasteiger partial charge is 0.367 e. The Bertz CT molecular complexity index is 798. The molecule has 0 aromatic carbocycles. The molecule has 4 nitrogen and oxygen atoms in total. The highest BCUT2D eigenvalue weighted by Crippen LogP contribution is 2.38. The summed E-state index contributed by atoms with van der Waals surface area (Å²) in [4.78, 5) is 5.80. The van der Waals surface area contributed by atoms with Crippen LogP contribution in [-0.4, -0.2) is 21.3 Å². The summed E-state index contributed by atoms with van der Waals surface area (Å²) in [5.41, 5.74) is 3.56. The Labute approximate surface area is 129 Å². The van der Waals surface area contributed by atoms with E-state index < -0.39 is 0 Å². The molecule has 3 heterocycles. The zero-order chi connectivity index (χ0) is 15.1. The molecule has 0 radical (unpaired) electrons. The lowest BCUT2D eigenvalue weighted by atomic mass is 10.1. The predicted octanol–water partition coefficient (Wildman–Crippen LogP) is 4.26. The number of rotatable bonds is 4. The van der Waals surface area contributed by atoms with E-state index >= 15 is 0 Å². The van der Waals surface area contributed by atoms with Crippen molar-refractivity contribution in [3.05, 3.63) is 17.3 Å². The number of hydrogen-bond donors (Lipinski definition) is 1. The van der Waals surface area contributed by atoms with Gasteiger partial charge in [0.15, 0.2) is 5.82 Å². The molecule has 3 aromatic heterocycles. The van der Waals surface area contributed by atoms with Gasteiger partial charge in [-0.05, 0) is 37.8 Å². The van der Waals surface area contributed by atoms with Crippen LogP contribution >= 0.6 is 11.3 Å². The Balaban J connectivity index is 2.10. The Hall–Kier alpha value is -1.62. The number of pyridine rings is 1. The highest BCUT2D eigenvalue weighted by molar-refractivity contribution is 7.26. The van der Waals surface area contributed by atoms with E-state index in [-0.39, 0.29) is 0 Å². The summed E-state index contributed by atoms with van der Waals surface area (Å²) in [6.45, 7) is 9.65. The van der Waals surface area contributed by atoms with Crippen LogP contribution in [0.4, 0.5) is 5.82 Å². The molecule has 0 atom stereocenters. The second kappa shape index (κ2) is 5.30. The van der Waals surface area contributed by atoms with Gasteiger partial charge < -0.3 is 5.32 Å². The van der Waals surface area contributed by atoms with Crippen molar-refractivity contribution in [2.45, 2.75) is 34.1 Å². The fourth-order valence-electron chi connectivity index (χ4n) is 2.73. The minimum Gasteiger partial charge on any atom is -0.367 e. The average molecular weight is 302 g/mol. The van der Waals surface area contributed by atoms with Crippen LogP contribution in [0.1, 0.15) is 31.5 Å². The SMILES string of the molecule is Cc1cc(C)c2c(n1)sc1c(NCCC(C)C)nn(C)c12. The van der Waals surface area contributed by atoms with E-state index in [0.29, 0.717) is 5.92 Å². The topological polar surface area (TPSA) is 42.7 Å². The van der Waals surface area contributed by atoms with Crippen LogP contribution in [0.15, 0.2) is 6.07 Å². The van der Waals surface area contributed by atoms with Gasteiger partial charge in [0, 0.05) is 24.7 Å². The highest BCUT2D eigenvalue weighted by Gasteiger charge is 2.17. The van der Waals surface area contributed by atoms with Gasteiger partial charge in [0.1, 0.15) is 4.83 Å². The van der Waals surface area contributed by atoms with Gasteiger partial charge in [-0.2, -0.15) is 5.10 Å². The van der Waals surface area contributed by atoms with E-state index in [1.807, 2.05) is 11.7 Å². The van der Waals surface area contributed by atoms with Crippen LogP contribution in [0.2, 0.25) is 0 Å². The summed E-state index contributed by atoms with van der Waals surface area (Å²) in [6, 6.07) is 2.15. The summed E-state index contributed by atoms with van der Waals surface area (Å²) >= 11 is 1.74. The monoisotopic (exact) mass is 302 g/mol. The predicted molar refractivity (Wildman–Crippen MR) is 91.3 cm³/mol.